The Kier molecular flexibility index (Phi) is 4.11. The molecule has 1 aliphatic heterocycles. The number of non-ortho nitro benzene ring substituents is 1. The molecule has 1 amide bonds. The number of carbonyl (C=O) groups excluding carboxylic acids is 1. The summed E-state index contributed by atoms with van der Waals surface area (Å²) in [5.41, 5.74) is 1.02. The Bertz CT molecular complexity index is 490. The number of nitrogens with zero attached hydrogens (tertiary/aromatic N) is 2. The summed E-state index contributed by atoms with van der Waals surface area (Å²) in [5.74, 6) is 0.0746. The van der Waals surface area contributed by atoms with Crippen molar-refractivity contribution in [2.24, 2.45) is 0 Å². The molecule has 6 nitrogen and oxygen atoms in total. The quantitative estimate of drug-likeness (QED) is 0.651. The molecule has 0 aliphatic carbocycles. The third-order valence-electron chi connectivity index (χ3n) is 3.30. The van der Waals surface area contributed by atoms with Gasteiger partial charge in [-0.15, -0.1) is 0 Å². The maximum atomic E-state index is 11.3. The van der Waals surface area contributed by atoms with Crippen molar-refractivity contribution >= 4 is 11.6 Å². The normalized spacial score (nSPS) is 19.2. The van der Waals surface area contributed by atoms with Crippen molar-refractivity contribution in [2.75, 3.05) is 19.6 Å². The Labute approximate surface area is 111 Å². The zero-order valence-electron chi connectivity index (χ0n) is 10.8. The van der Waals surface area contributed by atoms with E-state index < -0.39 is 0 Å². The van der Waals surface area contributed by atoms with Gasteiger partial charge in [0.05, 0.1) is 4.92 Å². The van der Waals surface area contributed by atoms with E-state index in [-0.39, 0.29) is 22.6 Å². The largest absolute Gasteiger partial charge is 0.340 e. The van der Waals surface area contributed by atoms with Crippen LogP contribution in [0.25, 0.3) is 0 Å². The van der Waals surface area contributed by atoms with Crippen LogP contribution in [0.3, 0.4) is 0 Å². The highest BCUT2D eigenvalue weighted by molar-refractivity contribution is 5.73. The number of hydrogen-bond donors (Lipinski definition) is 1. The van der Waals surface area contributed by atoms with Crippen molar-refractivity contribution in [3.05, 3.63) is 39.9 Å². The van der Waals surface area contributed by atoms with Crippen LogP contribution in [0.15, 0.2) is 24.3 Å². The highest BCUT2D eigenvalue weighted by Gasteiger charge is 2.21. The van der Waals surface area contributed by atoms with Crippen LogP contribution in [0.4, 0.5) is 5.69 Å². The number of nitrogens with one attached hydrogen (secondary N) is 1. The molecule has 0 spiro atoms. The molecule has 0 saturated carbocycles. The van der Waals surface area contributed by atoms with Gasteiger partial charge >= 0.3 is 0 Å². The Morgan fingerprint density at radius 1 is 1.58 bits per heavy atom. The molecule has 1 atom stereocenters. The van der Waals surface area contributed by atoms with Gasteiger partial charge in [0.2, 0.25) is 5.91 Å². The van der Waals surface area contributed by atoms with Crippen LogP contribution in [0, 0.1) is 10.1 Å². The van der Waals surface area contributed by atoms with Crippen LogP contribution in [-0.4, -0.2) is 41.4 Å². The van der Waals surface area contributed by atoms with Crippen molar-refractivity contribution in [1.29, 1.82) is 0 Å². The predicted molar refractivity (Wildman–Crippen MR) is 70.8 cm³/mol. The van der Waals surface area contributed by atoms with Crippen LogP contribution < -0.4 is 5.32 Å². The Hall–Kier alpha value is -1.95. The second-order valence-electron chi connectivity index (χ2n) is 4.75. The van der Waals surface area contributed by atoms with E-state index in [1.807, 2.05) is 6.07 Å². The zero-order chi connectivity index (χ0) is 13.8. The first-order chi connectivity index (χ1) is 9.06. The van der Waals surface area contributed by atoms with Gasteiger partial charge in [0.25, 0.3) is 5.69 Å². The number of nitro benzene ring substituents is 1. The molecule has 1 aromatic carbocycles. The van der Waals surface area contributed by atoms with E-state index in [0.29, 0.717) is 13.0 Å². The fourth-order valence-electron chi connectivity index (χ4n) is 2.33. The minimum atomic E-state index is -0.389. The van der Waals surface area contributed by atoms with Crippen molar-refractivity contribution in [3.63, 3.8) is 0 Å². The molecule has 6 heteroatoms. The van der Waals surface area contributed by atoms with E-state index in [1.54, 1.807) is 24.0 Å². The maximum Gasteiger partial charge on any atom is 0.269 e. The monoisotopic (exact) mass is 263 g/mol. The SMILES string of the molecule is CC(=O)N1CCNC(Cc2cccc([N+](=O)[O-])c2)C1. The Morgan fingerprint density at radius 2 is 2.37 bits per heavy atom. The van der Waals surface area contributed by atoms with Gasteiger partial charge in [0.1, 0.15) is 0 Å². The minimum Gasteiger partial charge on any atom is -0.340 e. The number of piperazine rings is 1. The maximum absolute atomic E-state index is 11.3. The summed E-state index contributed by atoms with van der Waals surface area (Å²) in [7, 11) is 0. The lowest BCUT2D eigenvalue weighted by Crippen LogP contribution is -2.52. The second-order valence-corrected chi connectivity index (χ2v) is 4.75. The summed E-state index contributed by atoms with van der Waals surface area (Å²) in [6, 6.07) is 6.80. The predicted octanol–water partition coefficient (Wildman–Crippen LogP) is 0.958. The van der Waals surface area contributed by atoms with Gasteiger partial charge in [-0.05, 0) is 12.0 Å². The summed E-state index contributed by atoms with van der Waals surface area (Å²) in [5, 5.41) is 14.1. The van der Waals surface area contributed by atoms with Gasteiger partial charge in [-0.3, -0.25) is 14.9 Å². The van der Waals surface area contributed by atoms with Gasteiger partial charge in [-0.25, -0.2) is 0 Å². The summed E-state index contributed by atoms with van der Waals surface area (Å²) in [6.45, 7) is 3.70. The molecule has 1 saturated heterocycles. The van der Waals surface area contributed by atoms with Crippen molar-refractivity contribution in [2.45, 2.75) is 19.4 Å². The van der Waals surface area contributed by atoms with E-state index in [0.717, 1.165) is 18.7 Å². The molecule has 1 heterocycles. The Morgan fingerprint density at radius 3 is 3.05 bits per heavy atom. The van der Waals surface area contributed by atoms with Crippen LogP contribution in [-0.2, 0) is 11.2 Å². The molecule has 1 aliphatic rings. The first-order valence-corrected chi connectivity index (χ1v) is 6.28. The van der Waals surface area contributed by atoms with Crippen LogP contribution in [0.1, 0.15) is 12.5 Å². The standard InChI is InChI=1S/C13H17N3O3/c1-10(17)15-6-5-14-12(9-15)7-11-3-2-4-13(8-11)16(18)19/h2-4,8,12,14H,5-7,9H2,1H3. The molecule has 0 aromatic heterocycles. The highest BCUT2D eigenvalue weighted by atomic mass is 16.6. The second kappa shape index (κ2) is 5.79. The molecule has 19 heavy (non-hydrogen) atoms. The highest BCUT2D eigenvalue weighted by Crippen LogP contribution is 2.15. The lowest BCUT2D eigenvalue weighted by atomic mass is 10.0. The Balaban J connectivity index is 2.02. The summed E-state index contributed by atoms with van der Waals surface area (Å²) in [4.78, 5) is 23.5. The number of amides is 1. The summed E-state index contributed by atoms with van der Waals surface area (Å²) >= 11 is 0. The topological polar surface area (TPSA) is 75.5 Å². The molecule has 1 fully saturated rings. The fraction of sp³-hybridized carbons (Fsp3) is 0.462. The number of rotatable bonds is 3. The van der Waals surface area contributed by atoms with Gasteiger partial charge in [0.15, 0.2) is 0 Å². The van der Waals surface area contributed by atoms with Crippen molar-refractivity contribution in [1.82, 2.24) is 10.2 Å². The summed E-state index contributed by atoms with van der Waals surface area (Å²) in [6.07, 6.45) is 0.686. The minimum absolute atomic E-state index is 0.0746. The van der Waals surface area contributed by atoms with Crippen LogP contribution >= 0.6 is 0 Å². The van der Waals surface area contributed by atoms with E-state index in [9.17, 15) is 14.9 Å². The van der Waals surface area contributed by atoms with Crippen molar-refractivity contribution < 1.29 is 9.72 Å². The van der Waals surface area contributed by atoms with Crippen LogP contribution in [0.2, 0.25) is 0 Å². The first-order valence-electron chi connectivity index (χ1n) is 6.28. The van der Waals surface area contributed by atoms with E-state index in [4.69, 9.17) is 0 Å². The lowest BCUT2D eigenvalue weighted by Gasteiger charge is -2.33. The van der Waals surface area contributed by atoms with Gasteiger partial charge in [0, 0.05) is 44.7 Å². The number of nitro groups is 1. The molecule has 0 radical (unpaired) electrons. The van der Waals surface area contributed by atoms with E-state index >= 15 is 0 Å². The molecule has 2 rings (SSSR count). The zero-order valence-corrected chi connectivity index (χ0v) is 10.8. The average Bonchev–Trinajstić information content (AvgIpc) is 2.39. The fourth-order valence-corrected chi connectivity index (χ4v) is 2.33. The smallest absolute Gasteiger partial charge is 0.269 e. The third-order valence-corrected chi connectivity index (χ3v) is 3.30. The molecule has 1 N–H and O–H groups in total. The number of carbonyl (C=O) groups is 1. The number of benzene rings is 1. The van der Waals surface area contributed by atoms with Gasteiger partial charge < -0.3 is 10.2 Å². The van der Waals surface area contributed by atoms with Crippen molar-refractivity contribution in [3.8, 4) is 0 Å². The number of hydrogen-bond acceptors (Lipinski definition) is 4. The first kappa shape index (κ1) is 13.5. The lowest BCUT2D eigenvalue weighted by molar-refractivity contribution is -0.384. The molecule has 1 unspecified atom stereocenters. The molecule has 0 bridgehead atoms. The van der Waals surface area contributed by atoms with Crippen LogP contribution in [0.5, 0.6) is 0 Å². The molecule has 102 valence electrons. The van der Waals surface area contributed by atoms with Gasteiger partial charge in [-0.1, -0.05) is 12.1 Å². The third kappa shape index (κ3) is 3.51. The average molecular weight is 263 g/mol. The van der Waals surface area contributed by atoms with E-state index in [1.165, 1.54) is 6.07 Å². The van der Waals surface area contributed by atoms with Gasteiger partial charge in [-0.2, -0.15) is 0 Å². The molecular weight excluding hydrogens is 246 g/mol. The molecule has 1 aromatic rings. The molecular formula is C13H17N3O3. The summed E-state index contributed by atoms with van der Waals surface area (Å²) < 4.78 is 0. The van der Waals surface area contributed by atoms with E-state index in [2.05, 4.69) is 5.32 Å².